The van der Waals surface area contributed by atoms with E-state index in [0.29, 0.717) is 19.6 Å². The first kappa shape index (κ1) is 18.1. The second kappa shape index (κ2) is 7.68. The van der Waals surface area contributed by atoms with Gasteiger partial charge in [0.2, 0.25) is 5.91 Å². The lowest BCUT2D eigenvalue weighted by atomic mass is 9.88. The monoisotopic (exact) mass is 354 g/mol. The lowest BCUT2D eigenvalue weighted by Gasteiger charge is -2.23. The van der Waals surface area contributed by atoms with Crippen LogP contribution in [0, 0.1) is 11.7 Å². The first-order chi connectivity index (χ1) is 12.5. The number of hydrogen-bond donors (Lipinski definition) is 0. The second-order valence-corrected chi connectivity index (χ2v) is 6.67. The molecule has 1 aliphatic heterocycles. The number of carbonyl (C=O) groups excluding carboxylic acids is 2. The molecule has 2 atom stereocenters. The Hall–Kier alpha value is -2.69. The summed E-state index contributed by atoms with van der Waals surface area (Å²) in [5.41, 5.74) is 1.08. The highest BCUT2D eigenvalue weighted by molar-refractivity contribution is 5.95. The molecule has 0 aliphatic carbocycles. The summed E-state index contributed by atoms with van der Waals surface area (Å²) in [6, 6.07) is 15.7. The lowest BCUT2D eigenvalue weighted by molar-refractivity contribution is -0.133. The maximum absolute atomic E-state index is 14.0. The number of rotatable bonds is 4. The van der Waals surface area contributed by atoms with Crippen LogP contribution in [-0.2, 0) is 4.79 Å². The van der Waals surface area contributed by atoms with Crippen molar-refractivity contribution in [3.8, 4) is 0 Å². The van der Waals surface area contributed by atoms with Gasteiger partial charge in [-0.25, -0.2) is 4.39 Å². The Kier molecular flexibility index (Phi) is 5.35. The number of hydrogen-bond acceptors (Lipinski definition) is 2. The van der Waals surface area contributed by atoms with Crippen molar-refractivity contribution in [2.75, 3.05) is 26.7 Å². The first-order valence-corrected chi connectivity index (χ1v) is 8.86. The van der Waals surface area contributed by atoms with Crippen LogP contribution in [0.4, 0.5) is 4.39 Å². The number of carbonyl (C=O) groups is 2. The van der Waals surface area contributed by atoms with E-state index in [1.807, 2.05) is 37.3 Å². The highest BCUT2D eigenvalue weighted by atomic mass is 19.1. The van der Waals surface area contributed by atoms with Crippen molar-refractivity contribution in [2.45, 2.75) is 12.8 Å². The minimum atomic E-state index is -0.533. The molecule has 5 heteroatoms. The molecule has 4 nitrogen and oxygen atoms in total. The van der Waals surface area contributed by atoms with Gasteiger partial charge in [-0.1, -0.05) is 42.5 Å². The molecule has 26 heavy (non-hydrogen) atoms. The van der Waals surface area contributed by atoms with Crippen LogP contribution in [0.25, 0.3) is 0 Å². The highest BCUT2D eigenvalue weighted by Crippen LogP contribution is 2.34. The molecule has 1 fully saturated rings. The maximum atomic E-state index is 14.0. The van der Waals surface area contributed by atoms with Gasteiger partial charge in [-0.05, 0) is 24.6 Å². The normalized spacial score (nSPS) is 19.4. The van der Waals surface area contributed by atoms with Gasteiger partial charge in [0, 0.05) is 32.6 Å². The third-order valence-electron chi connectivity index (χ3n) is 5.11. The van der Waals surface area contributed by atoms with Gasteiger partial charge in [-0.15, -0.1) is 0 Å². The van der Waals surface area contributed by atoms with E-state index < -0.39 is 5.82 Å². The van der Waals surface area contributed by atoms with Crippen LogP contribution < -0.4 is 0 Å². The van der Waals surface area contributed by atoms with E-state index in [0.717, 1.165) is 5.56 Å². The van der Waals surface area contributed by atoms with Gasteiger partial charge in [0.1, 0.15) is 5.82 Å². The smallest absolute Gasteiger partial charge is 0.256 e. The summed E-state index contributed by atoms with van der Waals surface area (Å²) in [6.07, 6.45) is 0. The topological polar surface area (TPSA) is 40.6 Å². The van der Waals surface area contributed by atoms with Gasteiger partial charge >= 0.3 is 0 Å². The van der Waals surface area contributed by atoms with E-state index in [2.05, 4.69) is 0 Å². The standard InChI is InChI=1S/C21H23FN2O2/c1-3-23(2)20(25)18-14-24(13-17(18)15-9-5-4-6-10-15)21(26)16-11-7-8-12-19(16)22/h4-12,17-18H,3,13-14H2,1-2H3. The fourth-order valence-electron chi connectivity index (χ4n) is 3.50. The van der Waals surface area contributed by atoms with Crippen molar-refractivity contribution >= 4 is 11.8 Å². The molecule has 136 valence electrons. The summed E-state index contributed by atoms with van der Waals surface area (Å²) in [4.78, 5) is 28.9. The third kappa shape index (κ3) is 3.47. The maximum Gasteiger partial charge on any atom is 0.256 e. The molecule has 0 spiro atoms. The highest BCUT2D eigenvalue weighted by Gasteiger charge is 2.41. The number of benzene rings is 2. The Morgan fingerprint density at radius 3 is 2.38 bits per heavy atom. The second-order valence-electron chi connectivity index (χ2n) is 6.67. The quantitative estimate of drug-likeness (QED) is 0.846. The van der Waals surface area contributed by atoms with Gasteiger partial charge in [0.05, 0.1) is 11.5 Å². The molecule has 3 rings (SSSR count). The number of nitrogens with zero attached hydrogens (tertiary/aromatic N) is 2. The van der Waals surface area contributed by atoms with E-state index in [1.165, 1.54) is 12.1 Å². The Morgan fingerprint density at radius 2 is 1.73 bits per heavy atom. The summed E-state index contributed by atoms with van der Waals surface area (Å²) >= 11 is 0. The Balaban J connectivity index is 1.90. The molecule has 1 heterocycles. The van der Waals surface area contributed by atoms with Crippen LogP contribution in [0.15, 0.2) is 54.6 Å². The van der Waals surface area contributed by atoms with Crippen molar-refractivity contribution in [3.63, 3.8) is 0 Å². The summed E-state index contributed by atoms with van der Waals surface area (Å²) in [5.74, 6) is -1.29. The van der Waals surface area contributed by atoms with Crippen molar-refractivity contribution in [3.05, 3.63) is 71.5 Å². The minimum absolute atomic E-state index is 0.0187. The summed E-state index contributed by atoms with van der Waals surface area (Å²) < 4.78 is 14.0. The van der Waals surface area contributed by atoms with E-state index in [9.17, 15) is 14.0 Å². The molecule has 0 radical (unpaired) electrons. The van der Waals surface area contributed by atoms with Crippen LogP contribution in [0.5, 0.6) is 0 Å². The fourth-order valence-corrected chi connectivity index (χ4v) is 3.50. The van der Waals surface area contributed by atoms with E-state index in [1.54, 1.807) is 29.0 Å². The van der Waals surface area contributed by atoms with Crippen LogP contribution in [0.2, 0.25) is 0 Å². The van der Waals surface area contributed by atoms with Crippen LogP contribution >= 0.6 is 0 Å². The van der Waals surface area contributed by atoms with Gasteiger partial charge < -0.3 is 9.80 Å². The molecule has 0 bridgehead atoms. The van der Waals surface area contributed by atoms with Crippen molar-refractivity contribution in [1.29, 1.82) is 0 Å². The summed E-state index contributed by atoms with van der Waals surface area (Å²) in [7, 11) is 1.77. The molecule has 2 amide bonds. The fraction of sp³-hybridized carbons (Fsp3) is 0.333. The van der Waals surface area contributed by atoms with Crippen LogP contribution in [0.3, 0.4) is 0 Å². The predicted octanol–water partition coefficient (Wildman–Crippen LogP) is 3.16. The lowest BCUT2D eigenvalue weighted by Crippen LogP contribution is -2.37. The zero-order chi connectivity index (χ0) is 18.7. The minimum Gasteiger partial charge on any atom is -0.346 e. The number of likely N-dealkylation sites (tertiary alicyclic amines) is 1. The Labute approximate surface area is 153 Å². The first-order valence-electron chi connectivity index (χ1n) is 8.86. The molecule has 0 aromatic heterocycles. The van der Waals surface area contributed by atoms with E-state index in [-0.39, 0.29) is 29.2 Å². The zero-order valence-corrected chi connectivity index (χ0v) is 15.1. The molecule has 1 saturated heterocycles. The van der Waals surface area contributed by atoms with E-state index >= 15 is 0 Å². The Bertz CT molecular complexity index is 794. The van der Waals surface area contributed by atoms with Crippen molar-refractivity contribution in [1.82, 2.24) is 9.80 Å². The van der Waals surface area contributed by atoms with Crippen molar-refractivity contribution in [2.24, 2.45) is 5.92 Å². The van der Waals surface area contributed by atoms with Gasteiger partial charge in [-0.3, -0.25) is 9.59 Å². The predicted molar refractivity (Wildman–Crippen MR) is 98.3 cm³/mol. The molecular weight excluding hydrogens is 331 g/mol. The van der Waals surface area contributed by atoms with Gasteiger partial charge in [0.25, 0.3) is 5.91 Å². The summed E-state index contributed by atoms with van der Waals surface area (Å²) in [5, 5.41) is 0. The largest absolute Gasteiger partial charge is 0.346 e. The molecule has 2 aromatic carbocycles. The molecular formula is C21H23FN2O2. The van der Waals surface area contributed by atoms with Gasteiger partial charge in [0.15, 0.2) is 0 Å². The molecule has 1 aliphatic rings. The third-order valence-corrected chi connectivity index (χ3v) is 5.11. The summed E-state index contributed by atoms with van der Waals surface area (Å²) in [6.45, 7) is 3.24. The van der Waals surface area contributed by atoms with Crippen molar-refractivity contribution < 1.29 is 14.0 Å². The van der Waals surface area contributed by atoms with Crippen LogP contribution in [-0.4, -0.2) is 48.3 Å². The molecule has 2 aromatic rings. The molecule has 0 N–H and O–H groups in total. The molecule has 2 unspecified atom stereocenters. The average Bonchev–Trinajstić information content (AvgIpc) is 3.12. The van der Waals surface area contributed by atoms with E-state index in [4.69, 9.17) is 0 Å². The number of halogens is 1. The molecule has 0 saturated carbocycles. The number of amides is 2. The van der Waals surface area contributed by atoms with Gasteiger partial charge in [-0.2, -0.15) is 0 Å². The SMILES string of the molecule is CCN(C)C(=O)C1CN(C(=O)c2ccccc2F)CC1c1ccccc1. The van der Waals surface area contributed by atoms with Crippen LogP contribution in [0.1, 0.15) is 28.8 Å². The zero-order valence-electron chi connectivity index (χ0n) is 15.1. The average molecular weight is 354 g/mol. The Morgan fingerprint density at radius 1 is 1.08 bits per heavy atom.